The Bertz CT molecular complexity index is 1430. The third-order valence-corrected chi connectivity index (χ3v) is 9.54. The van der Waals surface area contributed by atoms with Crippen LogP contribution in [0.3, 0.4) is 0 Å². The van der Waals surface area contributed by atoms with Gasteiger partial charge in [0.2, 0.25) is 0 Å². The summed E-state index contributed by atoms with van der Waals surface area (Å²) < 4.78 is 33.8. The van der Waals surface area contributed by atoms with Crippen molar-refractivity contribution in [1.82, 2.24) is 0 Å². The summed E-state index contributed by atoms with van der Waals surface area (Å²) in [6.07, 6.45) is 56.6. The topological polar surface area (TPSA) is 111 Å². The number of unbranched alkanes of at least 4 members (excludes halogenated alkanes) is 7. The predicted molar refractivity (Wildman–Crippen MR) is 249 cm³/mol. The van der Waals surface area contributed by atoms with E-state index in [-0.39, 0.29) is 26.1 Å². The number of carbonyl (C=O) groups excluding carboxylic acids is 2. The van der Waals surface area contributed by atoms with Crippen molar-refractivity contribution in [2.24, 2.45) is 0 Å². The second-order valence-electron chi connectivity index (χ2n) is 15.4. The molecule has 10 heteroatoms. The van der Waals surface area contributed by atoms with Crippen molar-refractivity contribution in [3.8, 4) is 0 Å². The maximum atomic E-state index is 12.6. The van der Waals surface area contributed by atoms with E-state index in [1.165, 1.54) is 0 Å². The molecule has 0 N–H and O–H groups in total. The molecule has 0 rings (SSSR count). The molecule has 60 heavy (non-hydrogen) atoms. The molecule has 2 unspecified atom stereocenters. The Hall–Kier alpha value is -3.59. The van der Waals surface area contributed by atoms with Gasteiger partial charge in [0, 0.05) is 12.8 Å². The summed E-state index contributed by atoms with van der Waals surface area (Å²) in [5.41, 5.74) is 0. The second-order valence-corrected chi connectivity index (χ2v) is 16.8. The lowest BCUT2D eigenvalue weighted by Gasteiger charge is -2.28. The normalized spacial score (nSPS) is 14.7. The van der Waals surface area contributed by atoms with Crippen molar-refractivity contribution in [2.45, 2.75) is 136 Å². The van der Waals surface area contributed by atoms with Crippen LogP contribution in [0.1, 0.15) is 129 Å². The molecule has 0 amide bonds. The van der Waals surface area contributed by atoms with Crippen LogP contribution in [0.25, 0.3) is 0 Å². The number of allylic oxidation sites excluding steroid dienone is 20. The van der Waals surface area contributed by atoms with E-state index < -0.39 is 32.5 Å². The lowest BCUT2D eigenvalue weighted by Crippen LogP contribution is -2.37. The monoisotopic (exact) mass is 854 g/mol. The highest BCUT2D eigenvalue weighted by Crippen LogP contribution is 2.38. The highest BCUT2D eigenvalue weighted by molar-refractivity contribution is 7.45. The average Bonchev–Trinajstić information content (AvgIpc) is 3.20. The Morgan fingerprint density at radius 1 is 0.533 bits per heavy atom. The van der Waals surface area contributed by atoms with Crippen molar-refractivity contribution >= 4 is 19.8 Å². The minimum Gasteiger partial charge on any atom is -0.756 e. The highest BCUT2D eigenvalue weighted by atomic mass is 31.2. The largest absolute Gasteiger partial charge is 0.756 e. The third-order valence-electron chi connectivity index (χ3n) is 8.57. The molecule has 0 fully saturated rings. The van der Waals surface area contributed by atoms with E-state index in [1.54, 1.807) is 0 Å². The Kier molecular flexibility index (Phi) is 38.4. The molecule has 0 radical (unpaired) electrons. The number of ether oxygens (including phenoxy) is 2. The lowest BCUT2D eigenvalue weighted by atomic mass is 10.1. The molecule has 0 aromatic rings. The number of hydrogen-bond acceptors (Lipinski definition) is 8. The molecule has 2 atom stereocenters. The van der Waals surface area contributed by atoms with Gasteiger partial charge >= 0.3 is 11.9 Å². The number of quaternary nitrogens is 1. The molecule has 0 aliphatic heterocycles. The number of esters is 2. The number of phosphoric ester groups is 1. The van der Waals surface area contributed by atoms with E-state index >= 15 is 0 Å². The van der Waals surface area contributed by atoms with Gasteiger partial charge in [-0.3, -0.25) is 14.2 Å². The van der Waals surface area contributed by atoms with Crippen LogP contribution in [0.4, 0.5) is 0 Å². The second kappa shape index (κ2) is 40.8. The van der Waals surface area contributed by atoms with Gasteiger partial charge in [0.05, 0.1) is 27.7 Å². The third kappa shape index (κ3) is 44.0. The Morgan fingerprint density at radius 2 is 0.983 bits per heavy atom. The maximum absolute atomic E-state index is 12.6. The zero-order valence-electron chi connectivity index (χ0n) is 37.8. The van der Waals surface area contributed by atoms with Crippen LogP contribution in [-0.2, 0) is 32.7 Å². The van der Waals surface area contributed by atoms with E-state index in [1.807, 2.05) is 57.6 Å². The van der Waals surface area contributed by atoms with E-state index in [4.69, 9.17) is 18.5 Å². The fourth-order valence-electron chi connectivity index (χ4n) is 5.14. The Morgan fingerprint density at radius 3 is 1.53 bits per heavy atom. The SMILES string of the molecule is CC/C=C/C=C/C=C/C=C/CCCCCC(=O)OC(COC(=O)CCCCCC/C=C/C/C=C/C/C=C/C/C=C/C/C=C/C/C=C/CC)COP(=O)([O-])OCC[N+](C)(C)C. The number of hydrogen-bond donors (Lipinski definition) is 0. The van der Waals surface area contributed by atoms with Gasteiger partial charge in [0.1, 0.15) is 19.8 Å². The molecule has 0 heterocycles. The molecule has 0 spiro atoms. The van der Waals surface area contributed by atoms with Crippen LogP contribution in [0.2, 0.25) is 0 Å². The van der Waals surface area contributed by atoms with Crippen LogP contribution >= 0.6 is 7.82 Å². The molecule has 0 saturated heterocycles. The quantitative estimate of drug-likeness (QED) is 0.0151. The zero-order chi connectivity index (χ0) is 44.3. The molecule has 338 valence electrons. The summed E-state index contributed by atoms with van der Waals surface area (Å²) in [5, 5.41) is 0. The summed E-state index contributed by atoms with van der Waals surface area (Å²) in [4.78, 5) is 37.5. The molecule has 0 aliphatic rings. The van der Waals surface area contributed by atoms with Crippen LogP contribution < -0.4 is 4.89 Å². The first-order chi connectivity index (χ1) is 29.0. The first kappa shape index (κ1) is 56.4. The fraction of sp³-hybridized carbons (Fsp3) is 0.560. The van der Waals surface area contributed by atoms with Crippen LogP contribution in [0.15, 0.2) is 122 Å². The van der Waals surface area contributed by atoms with Gasteiger partial charge in [0.25, 0.3) is 7.82 Å². The van der Waals surface area contributed by atoms with Crippen molar-refractivity contribution < 1.29 is 42.1 Å². The van der Waals surface area contributed by atoms with E-state index in [0.717, 1.165) is 89.9 Å². The molecule has 0 saturated carbocycles. The summed E-state index contributed by atoms with van der Waals surface area (Å²) in [6, 6.07) is 0. The smallest absolute Gasteiger partial charge is 0.306 e. The summed E-state index contributed by atoms with van der Waals surface area (Å²) >= 11 is 0. The highest BCUT2D eigenvalue weighted by Gasteiger charge is 2.21. The van der Waals surface area contributed by atoms with Crippen molar-refractivity contribution in [2.75, 3.05) is 47.5 Å². The van der Waals surface area contributed by atoms with Crippen LogP contribution in [0.5, 0.6) is 0 Å². The molecule has 0 aliphatic carbocycles. The molecular weight excluding hydrogens is 774 g/mol. The number of carbonyl (C=O) groups is 2. The van der Waals surface area contributed by atoms with Gasteiger partial charge in [-0.25, -0.2) is 0 Å². The van der Waals surface area contributed by atoms with Gasteiger partial charge in [-0.15, -0.1) is 0 Å². The number of nitrogens with zero attached hydrogens (tertiary/aromatic N) is 1. The van der Waals surface area contributed by atoms with Crippen molar-refractivity contribution in [1.29, 1.82) is 0 Å². The lowest BCUT2D eigenvalue weighted by molar-refractivity contribution is -0.870. The van der Waals surface area contributed by atoms with Crippen LogP contribution in [-0.4, -0.2) is 70.0 Å². The number of phosphoric acid groups is 1. The number of rotatable bonds is 38. The predicted octanol–water partition coefficient (Wildman–Crippen LogP) is 12.3. The average molecular weight is 854 g/mol. The first-order valence-corrected chi connectivity index (χ1v) is 23.8. The minimum absolute atomic E-state index is 0.0513. The summed E-state index contributed by atoms with van der Waals surface area (Å²) in [5.74, 6) is -0.926. The Labute approximate surface area is 365 Å². The Balaban J connectivity index is 4.43. The fourth-order valence-corrected chi connectivity index (χ4v) is 5.86. The van der Waals surface area contributed by atoms with Crippen molar-refractivity contribution in [3.05, 3.63) is 122 Å². The van der Waals surface area contributed by atoms with Gasteiger partial charge in [0.15, 0.2) is 6.10 Å². The molecular formula is C50H80NO8P. The molecule has 0 aromatic carbocycles. The van der Waals surface area contributed by atoms with Crippen LogP contribution in [0, 0.1) is 0 Å². The molecule has 0 aromatic heterocycles. The van der Waals surface area contributed by atoms with E-state index in [0.29, 0.717) is 23.9 Å². The van der Waals surface area contributed by atoms with Gasteiger partial charge in [-0.1, -0.05) is 155 Å². The number of likely N-dealkylation sites (N-methyl/N-ethyl adjacent to an activating group) is 1. The van der Waals surface area contributed by atoms with E-state index in [2.05, 4.69) is 98.9 Å². The van der Waals surface area contributed by atoms with Gasteiger partial charge in [-0.05, 0) is 83.5 Å². The van der Waals surface area contributed by atoms with Gasteiger partial charge < -0.3 is 27.9 Å². The first-order valence-electron chi connectivity index (χ1n) is 22.3. The summed E-state index contributed by atoms with van der Waals surface area (Å²) in [7, 11) is 1.10. The van der Waals surface area contributed by atoms with E-state index in [9.17, 15) is 19.0 Å². The van der Waals surface area contributed by atoms with Gasteiger partial charge in [-0.2, -0.15) is 0 Å². The standard InChI is InChI=1S/C50H80NO8P/c1-6-8-10-12-14-16-18-20-21-22-23-24-25-26-27-28-29-31-32-34-36-38-40-42-49(52)56-46-48(47-58-60(54,55)57-45-44-51(3,4)5)59-50(53)43-41-39-37-35-33-30-19-17-15-13-11-9-7-2/h8-11,13-17,19-21,23-24,26-27,29-31,33,48H,6-7,12,18,22,25,28,32,34-47H2,1-5H3/b10-8+,11-9+,15-13+,16-14+,19-17+,21-20+,24-23+,27-26+,31-29+,33-30+. The van der Waals surface area contributed by atoms with Crippen molar-refractivity contribution in [3.63, 3.8) is 0 Å². The summed E-state index contributed by atoms with van der Waals surface area (Å²) in [6.45, 7) is 3.85. The minimum atomic E-state index is -4.65. The maximum Gasteiger partial charge on any atom is 0.306 e. The zero-order valence-corrected chi connectivity index (χ0v) is 38.7. The molecule has 0 bridgehead atoms. The molecule has 9 nitrogen and oxygen atoms in total.